The maximum Gasteiger partial charge on any atom is 0.00123 e. The molecule has 0 nitrogen and oxygen atoms in total. The van der Waals surface area contributed by atoms with Crippen molar-refractivity contribution < 1.29 is 0 Å². The van der Waals surface area contributed by atoms with Crippen molar-refractivity contribution in [2.45, 2.75) is 122 Å². The predicted molar refractivity (Wildman–Crippen MR) is 163 cm³/mol. The van der Waals surface area contributed by atoms with Gasteiger partial charge in [-0.05, 0) is 114 Å². The molecule has 208 valence electrons. The zero-order chi connectivity index (χ0) is 27.9. The van der Waals surface area contributed by atoms with Crippen molar-refractivity contribution in [2.75, 3.05) is 0 Å². The SMILES string of the molecule is C=C(CCC(C(=C)C)[C@H]1[C@H](C)[C@H](C)[C@@]2(C)C3=CC[C@@]4(C)C(C)(C)[C@@H](C)CC[C@]4(C)C3=CC[C@]12C)C(C)C. The number of allylic oxidation sites excluding steroid dienone is 6. The molecule has 0 heterocycles. The molecule has 4 rings (SSSR count). The van der Waals surface area contributed by atoms with E-state index in [0.717, 1.165) is 12.3 Å². The molecule has 0 spiro atoms. The largest absolute Gasteiger partial charge is 0.0998 e. The molecule has 1 unspecified atom stereocenters. The fraction of sp³-hybridized carbons (Fsp3) is 0.784. The summed E-state index contributed by atoms with van der Waals surface area (Å²) in [7, 11) is 0. The number of hydrogen-bond donors (Lipinski definition) is 0. The molecule has 0 heteroatoms. The van der Waals surface area contributed by atoms with E-state index in [9.17, 15) is 0 Å². The second kappa shape index (κ2) is 8.99. The Morgan fingerprint density at radius 2 is 1.54 bits per heavy atom. The van der Waals surface area contributed by atoms with E-state index in [1.54, 1.807) is 11.1 Å². The van der Waals surface area contributed by atoms with Gasteiger partial charge in [-0.2, -0.15) is 0 Å². The van der Waals surface area contributed by atoms with Crippen LogP contribution in [0.2, 0.25) is 0 Å². The van der Waals surface area contributed by atoms with Gasteiger partial charge < -0.3 is 0 Å². The fourth-order valence-corrected chi connectivity index (χ4v) is 10.5. The average molecular weight is 505 g/mol. The maximum atomic E-state index is 4.59. The van der Waals surface area contributed by atoms with Crippen molar-refractivity contribution >= 4 is 0 Å². The molecule has 0 aromatic heterocycles. The van der Waals surface area contributed by atoms with Gasteiger partial charge in [0.25, 0.3) is 0 Å². The van der Waals surface area contributed by atoms with Crippen LogP contribution in [0.25, 0.3) is 0 Å². The Kier molecular flexibility index (Phi) is 7.04. The molecule has 0 N–H and O–H groups in total. The van der Waals surface area contributed by atoms with E-state index < -0.39 is 0 Å². The van der Waals surface area contributed by atoms with Gasteiger partial charge in [0.05, 0.1) is 0 Å². The second-order valence-electron chi connectivity index (χ2n) is 16.1. The van der Waals surface area contributed by atoms with Crippen LogP contribution >= 0.6 is 0 Å². The second-order valence-corrected chi connectivity index (χ2v) is 16.1. The Balaban J connectivity index is 1.80. The molecule has 0 aromatic rings. The molecule has 2 saturated carbocycles. The standard InChI is InChI=1S/C37H60/c1-23(2)25(5)15-16-29(24(3)4)32-27(7)28(8)37(14)31-19-22-36(13)33(9,10)26(6)17-20-34(36,11)30(31)18-21-35(32,37)12/h18-19,23,26-29,32H,3,5,15-17,20-22H2,1-2,4,6-14H3/t26-,27+,28-,29?,32+,34+,35+,36-,37-/m0/s1. The van der Waals surface area contributed by atoms with Crippen LogP contribution < -0.4 is 0 Å². The summed E-state index contributed by atoms with van der Waals surface area (Å²) in [6, 6.07) is 0. The van der Waals surface area contributed by atoms with Gasteiger partial charge >= 0.3 is 0 Å². The van der Waals surface area contributed by atoms with E-state index in [4.69, 9.17) is 0 Å². The number of rotatable bonds is 6. The van der Waals surface area contributed by atoms with Gasteiger partial charge in [0.2, 0.25) is 0 Å². The fourth-order valence-electron chi connectivity index (χ4n) is 10.5. The van der Waals surface area contributed by atoms with E-state index in [0.29, 0.717) is 40.4 Å². The van der Waals surface area contributed by atoms with Gasteiger partial charge in [0.1, 0.15) is 0 Å². The van der Waals surface area contributed by atoms with Gasteiger partial charge in [-0.3, -0.25) is 0 Å². The zero-order valence-corrected chi connectivity index (χ0v) is 26.8. The number of hydrogen-bond acceptors (Lipinski definition) is 0. The molecule has 4 aliphatic carbocycles. The van der Waals surface area contributed by atoms with Crippen LogP contribution in [-0.4, -0.2) is 0 Å². The van der Waals surface area contributed by atoms with E-state index in [1.807, 2.05) is 0 Å². The van der Waals surface area contributed by atoms with Gasteiger partial charge in [0, 0.05) is 5.41 Å². The Bertz CT molecular complexity index is 1020. The first-order chi connectivity index (χ1) is 16.9. The summed E-state index contributed by atoms with van der Waals surface area (Å²) in [6.07, 6.45) is 13.0. The quantitative estimate of drug-likeness (QED) is 0.315. The summed E-state index contributed by atoms with van der Waals surface area (Å²) >= 11 is 0. The molecule has 0 bridgehead atoms. The van der Waals surface area contributed by atoms with Crippen LogP contribution in [0.4, 0.5) is 0 Å². The van der Waals surface area contributed by atoms with Gasteiger partial charge in [0.15, 0.2) is 0 Å². The van der Waals surface area contributed by atoms with Crippen LogP contribution in [0, 0.1) is 62.6 Å². The van der Waals surface area contributed by atoms with E-state index in [2.05, 4.69) is 108 Å². The average Bonchev–Trinajstić information content (AvgIpc) is 2.96. The smallest absolute Gasteiger partial charge is 0.00123 e. The third-order valence-electron chi connectivity index (χ3n) is 14.7. The molecular formula is C37H60. The van der Waals surface area contributed by atoms with Crippen LogP contribution in [0.5, 0.6) is 0 Å². The highest BCUT2D eigenvalue weighted by molar-refractivity contribution is 5.52. The van der Waals surface area contributed by atoms with Crippen molar-refractivity contribution in [1.29, 1.82) is 0 Å². The van der Waals surface area contributed by atoms with Gasteiger partial charge in [-0.15, -0.1) is 0 Å². The zero-order valence-electron chi connectivity index (χ0n) is 26.8. The summed E-state index contributed by atoms with van der Waals surface area (Å²) in [5, 5.41) is 0. The van der Waals surface area contributed by atoms with Crippen LogP contribution in [0.3, 0.4) is 0 Å². The third kappa shape index (κ3) is 3.58. The lowest BCUT2D eigenvalue weighted by molar-refractivity contribution is -0.109. The van der Waals surface area contributed by atoms with Crippen molar-refractivity contribution in [2.24, 2.45) is 62.6 Å². The van der Waals surface area contributed by atoms with E-state index in [-0.39, 0.29) is 16.2 Å². The highest BCUT2D eigenvalue weighted by atomic mass is 14.7. The lowest BCUT2D eigenvalue weighted by atomic mass is 9.37. The van der Waals surface area contributed by atoms with Crippen LogP contribution in [-0.2, 0) is 0 Å². The molecule has 2 fully saturated rings. The molecule has 0 aliphatic heterocycles. The highest BCUT2D eigenvalue weighted by Gasteiger charge is 2.69. The first-order valence-corrected chi connectivity index (χ1v) is 15.7. The monoisotopic (exact) mass is 504 g/mol. The first kappa shape index (κ1) is 29.0. The molecule has 37 heavy (non-hydrogen) atoms. The van der Waals surface area contributed by atoms with Crippen molar-refractivity contribution in [3.63, 3.8) is 0 Å². The molecular weight excluding hydrogens is 444 g/mol. The Hall–Kier alpha value is -1.04. The Morgan fingerprint density at radius 3 is 2.11 bits per heavy atom. The minimum Gasteiger partial charge on any atom is -0.0998 e. The van der Waals surface area contributed by atoms with Gasteiger partial charge in [-0.25, -0.2) is 0 Å². The normalized spacial score (nSPS) is 45.3. The third-order valence-corrected chi connectivity index (χ3v) is 14.7. The molecule has 4 aliphatic rings. The minimum atomic E-state index is 0.210. The first-order valence-electron chi connectivity index (χ1n) is 15.7. The molecule has 0 amide bonds. The summed E-state index contributed by atoms with van der Waals surface area (Å²) in [6.45, 7) is 39.4. The topological polar surface area (TPSA) is 0 Å². The van der Waals surface area contributed by atoms with E-state index in [1.165, 1.54) is 43.3 Å². The Morgan fingerprint density at radius 1 is 0.946 bits per heavy atom. The summed E-state index contributed by atoms with van der Waals surface area (Å²) in [4.78, 5) is 0. The lowest BCUT2D eigenvalue weighted by Gasteiger charge is -2.67. The summed E-state index contributed by atoms with van der Waals surface area (Å²) < 4.78 is 0. The molecule has 0 saturated heterocycles. The molecule has 9 atom stereocenters. The van der Waals surface area contributed by atoms with Crippen LogP contribution in [0.15, 0.2) is 47.6 Å². The number of fused-ring (bicyclic) bond motifs is 5. The van der Waals surface area contributed by atoms with Crippen molar-refractivity contribution in [3.05, 3.63) is 47.6 Å². The Labute approximate surface area is 231 Å². The minimum absolute atomic E-state index is 0.210. The van der Waals surface area contributed by atoms with E-state index >= 15 is 0 Å². The van der Waals surface area contributed by atoms with Crippen molar-refractivity contribution in [3.8, 4) is 0 Å². The van der Waals surface area contributed by atoms with Crippen LogP contribution in [0.1, 0.15) is 122 Å². The molecule has 0 aromatic carbocycles. The van der Waals surface area contributed by atoms with Gasteiger partial charge in [-0.1, -0.05) is 113 Å². The molecule has 0 radical (unpaired) electrons. The summed E-state index contributed by atoms with van der Waals surface area (Å²) in [5.41, 5.74) is 7.64. The predicted octanol–water partition coefficient (Wildman–Crippen LogP) is 11.2. The summed E-state index contributed by atoms with van der Waals surface area (Å²) in [5.74, 6) is 3.91. The highest BCUT2D eigenvalue weighted by Crippen LogP contribution is 2.77. The lowest BCUT2D eigenvalue weighted by Crippen LogP contribution is -2.59. The maximum absolute atomic E-state index is 4.59. The van der Waals surface area contributed by atoms with Crippen molar-refractivity contribution in [1.82, 2.24) is 0 Å².